The van der Waals surface area contributed by atoms with E-state index >= 15 is 0 Å². The van der Waals surface area contributed by atoms with Crippen LogP contribution in [-0.2, 0) is 11.8 Å². The average molecular weight is 593 g/mol. The zero-order valence-electron chi connectivity index (χ0n) is 21.0. The van der Waals surface area contributed by atoms with Crippen LogP contribution in [0.3, 0.4) is 0 Å². The van der Waals surface area contributed by atoms with Gasteiger partial charge in [0.25, 0.3) is 5.91 Å². The number of benzene rings is 2. The molecule has 1 atom stereocenters. The van der Waals surface area contributed by atoms with E-state index in [-0.39, 0.29) is 29.5 Å². The summed E-state index contributed by atoms with van der Waals surface area (Å²) in [6, 6.07) is 12.4. The Hall–Kier alpha value is -2.36. The normalized spacial score (nSPS) is 12.1. The van der Waals surface area contributed by atoms with E-state index in [1.807, 2.05) is 29.8 Å². The Labute approximate surface area is 229 Å². The molecule has 3 rings (SSSR count). The van der Waals surface area contributed by atoms with E-state index in [4.69, 9.17) is 11.6 Å². The molecule has 0 radical (unpaired) electrons. The maximum atomic E-state index is 12.9. The van der Waals surface area contributed by atoms with Crippen LogP contribution in [0.2, 0.25) is 5.02 Å². The van der Waals surface area contributed by atoms with Gasteiger partial charge in [-0.05, 0) is 54.2 Å². The molecule has 2 N–H and O–H groups in total. The summed E-state index contributed by atoms with van der Waals surface area (Å²) in [4.78, 5) is 25.6. The fourth-order valence-corrected chi connectivity index (χ4v) is 5.10. The lowest BCUT2D eigenvalue weighted by atomic mass is 10.0. The highest BCUT2D eigenvalue weighted by molar-refractivity contribution is 9.10. The molecule has 36 heavy (non-hydrogen) atoms. The maximum Gasteiger partial charge on any atom is 0.253 e. The summed E-state index contributed by atoms with van der Waals surface area (Å²) in [5, 5.41) is 15.7. The van der Waals surface area contributed by atoms with Crippen LogP contribution in [0.1, 0.15) is 67.8 Å². The van der Waals surface area contributed by atoms with Gasteiger partial charge in [0, 0.05) is 17.2 Å². The standard InChI is InChI=1S/C26H31BrClN5O2S/c1-15(2)12-22(30-25(35)18-8-6-7-9-20(18)28)24-31-32-26(33(24)5)36-14-23(34)29-21-11-10-17(27)13-19(21)16(3)4/h6-11,13,15-16,22H,12,14H2,1-5H3,(H,29,34)(H,30,35)/t22-/m1/s1. The van der Waals surface area contributed by atoms with E-state index in [0.29, 0.717) is 33.9 Å². The van der Waals surface area contributed by atoms with E-state index in [0.717, 1.165) is 15.7 Å². The Morgan fingerprint density at radius 2 is 1.83 bits per heavy atom. The largest absolute Gasteiger partial charge is 0.342 e. The Balaban J connectivity index is 1.70. The molecule has 0 saturated heterocycles. The Bertz CT molecular complexity index is 1230. The van der Waals surface area contributed by atoms with Gasteiger partial charge in [-0.25, -0.2) is 0 Å². The van der Waals surface area contributed by atoms with Crippen molar-refractivity contribution in [2.75, 3.05) is 11.1 Å². The first-order valence-corrected chi connectivity index (χ1v) is 13.9. The molecule has 2 amide bonds. The van der Waals surface area contributed by atoms with Crippen molar-refractivity contribution in [1.29, 1.82) is 0 Å². The molecule has 1 heterocycles. The minimum Gasteiger partial charge on any atom is -0.342 e. The topological polar surface area (TPSA) is 88.9 Å². The molecule has 1 aromatic heterocycles. The third-order valence-electron chi connectivity index (χ3n) is 5.55. The molecule has 10 heteroatoms. The van der Waals surface area contributed by atoms with Crippen molar-refractivity contribution in [2.45, 2.75) is 51.2 Å². The number of carbonyl (C=O) groups is 2. The highest BCUT2D eigenvalue weighted by atomic mass is 79.9. The van der Waals surface area contributed by atoms with Gasteiger partial charge in [0.05, 0.1) is 22.4 Å². The van der Waals surface area contributed by atoms with E-state index in [9.17, 15) is 9.59 Å². The summed E-state index contributed by atoms with van der Waals surface area (Å²) in [5.41, 5.74) is 2.28. The van der Waals surface area contributed by atoms with Gasteiger partial charge in [0.1, 0.15) is 0 Å². The molecule has 0 fully saturated rings. The Morgan fingerprint density at radius 1 is 1.11 bits per heavy atom. The lowest BCUT2D eigenvalue weighted by Crippen LogP contribution is -2.31. The smallest absolute Gasteiger partial charge is 0.253 e. The summed E-state index contributed by atoms with van der Waals surface area (Å²) in [7, 11) is 1.84. The van der Waals surface area contributed by atoms with Crippen molar-refractivity contribution in [1.82, 2.24) is 20.1 Å². The maximum absolute atomic E-state index is 12.9. The van der Waals surface area contributed by atoms with Crippen molar-refractivity contribution in [3.63, 3.8) is 0 Å². The minimum atomic E-state index is -0.356. The lowest BCUT2D eigenvalue weighted by Gasteiger charge is -2.20. The molecule has 192 valence electrons. The van der Waals surface area contributed by atoms with E-state index < -0.39 is 0 Å². The molecule has 7 nitrogen and oxygen atoms in total. The minimum absolute atomic E-state index is 0.125. The second-order valence-corrected chi connectivity index (χ2v) is 11.5. The predicted octanol–water partition coefficient (Wildman–Crippen LogP) is 6.60. The summed E-state index contributed by atoms with van der Waals surface area (Å²) in [6.45, 7) is 8.34. The number of nitrogens with one attached hydrogen (secondary N) is 2. The van der Waals surface area contributed by atoms with Gasteiger partial charge < -0.3 is 15.2 Å². The van der Waals surface area contributed by atoms with E-state index in [1.165, 1.54) is 11.8 Å². The lowest BCUT2D eigenvalue weighted by molar-refractivity contribution is -0.113. The van der Waals surface area contributed by atoms with Crippen LogP contribution in [0.4, 0.5) is 5.69 Å². The number of rotatable bonds is 10. The SMILES string of the molecule is CC(C)C[C@@H](NC(=O)c1ccccc1Cl)c1nnc(SCC(=O)Nc2ccc(Br)cc2C(C)C)n1C. The number of anilines is 1. The molecule has 3 aromatic rings. The molecule has 0 bridgehead atoms. The van der Waals surface area contributed by atoms with Gasteiger partial charge in [-0.15, -0.1) is 10.2 Å². The highest BCUT2D eigenvalue weighted by Gasteiger charge is 2.24. The number of carbonyl (C=O) groups excluding carboxylic acids is 2. The monoisotopic (exact) mass is 591 g/mol. The van der Waals surface area contributed by atoms with Crippen molar-refractivity contribution >= 4 is 56.8 Å². The second kappa shape index (κ2) is 12.7. The molecule has 0 aliphatic heterocycles. The molecular weight excluding hydrogens is 562 g/mol. The third-order valence-corrected chi connectivity index (χ3v) is 7.40. The number of hydrogen-bond donors (Lipinski definition) is 2. The molecular formula is C26H31BrClN5O2S. The van der Waals surface area contributed by atoms with Crippen LogP contribution in [-0.4, -0.2) is 32.3 Å². The number of amides is 2. The van der Waals surface area contributed by atoms with Gasteiger partial charge in [-0.2, -0.15) is 0 Å². The number of aromatic nitrogens is 3. The molecule has 0 unspecified atom stereocenters. The highest BCUT2D eigenvalue weighted by Crippen LogP contribution is 2.29. The van der Waals surface area contributed by atoms with Gasteiger partial charge in [-0.3, -0.25) is 9.59 Å². The van der Waals surface area contributed by atoms with Gasteiger partial charge in [0.2, 0.25) is 5.91 Å². The van der Waals surface area contributed by atoms with Crippen molar-refractivity contribution < 1.29 is 9.59 Å². The fourth-order valence-electron chi connectivity index (χ4n) is 3.78. The van der Waals surface area contributed by atoms with E-state index in [1.54, 1.807) is 24.3 Å². The first kappa shape index (κ1) is 28.2. The summed E-state index contributed by atoms with van der Waals surface area (Å²) >= 11 is 11.0. The number of hydrogen-bond acceptors (Lipinski definition) is 5. The first-order chi connectivity index (χ1) is 17.1. The zero-order valence-corrected chi connectivity index (χ0v) is 24.2. The number of thioether (sulfide) groups is 1. The van der Waals surface area contributed by atoms with Gasteiger partial charge in [0.15, 0.2) is 11.0 Å². The Morgan fingerprint density at radius 3 is 2.50 bits per heavy atom. The van der Waals surface area contributed by atoms with Crippen LogP contribution >= 0.6 is 39.3 Å². The van der Waals surface area contributed by atoms with Crippen LogP contribution in [0, 0.1) is 5.92 Å². The predicted molar refractivity (Wildman–Crippen MR) is 150 cm³/mol. The molecule has 0 spiro atoms. The van der Waals surface area contributed by atoms with Crippen molar-refractivity contribution in [3.05, 3.63) is 68.9 Å². The van der Waals surface area contributed by atoms with Crippen LogP contribution < -0.4 is 10.6 Å². The summed E-state index contributed by atoms with van der Waals surface area (Å²) in [5.74, 6) is 0.993. The average Bonchev–Trinajstić information content (AvgIpc) is 3.18. The van der Waals surface area contributed by atoms with Crippen LogP contribution in [0.15, 0.2) is 52.1 Å². The summed E-state index contributed by atoms with van der Waals surface area (Å²) < 4.78 is 2.81. The Kier molecular flexibility index (Phi) is 9.99. The summed E-state index contributed by atoms with van der Waals surface area (Å²) in [6.07, 6.45) is 0.675. The number of nitrogens with zero attached hydrogens (tertiary/aromatic N) is 3. The van der Waals surface area contributed by atoms with Crippen LogP contribution in [0.5, 0.6) is 0 Å². The zero-order chi connectivity index (χ0) is 26.4. The van der Waals surface area contributed by atoms with Gasteiger partial charge in [-0.1, -0.05) is 79.1 Å². The molecule has 0 aliphatic carbocycles. The third kappa shape index (κ3) is 7.33. The van der Waals surface area contributed by atoms with Gasteiger partial charge >= 0.3 is 0 Å². The van der Waals surface area contributed by atoms with E-state index in [2.05, 4.69) is 64.5 Å². The van der Waals surface area contributed by atoms with Crippen molar-refractivity contribution in [3.8, 4) is 0 Å². The number of halogens is 2. The molecule has 0 saturated carbocycles. The quantitative estimate of drug-likeness (QED) is 0.259. The van der Waals surface area contributed by atoms with Crippen molar-refractivity contribution in [2.24, 2.45) is 13.0 Å². The second-order valence-electron chi connectivity index (χ2n) is 9.26. The molecule has 0 aliphatic rings. The fraction of sp³-hybridized carbons (Fsp3) is 0.385. The van der Waals surface area contributed by atoms with Crippen LogP contribution in [0.25, 0.3) is 0 Å². The first-order valence-electron chi connectivity index (χ1n) is 11.7. The molecule has 2 aromatic carbocycles.